The summed E-state index contributed by atoms with van der Waals surface area (Å²) < 4.78 is 3.53. The van der Waals surface area contributed by atoms with Crippen LogP contribution in [0, 0.1) is 5.92 Å². The van der Waals surface area contributed by atoms with Crippen molar-refractivity contribution >= 4 is 16.7 Å². The maximum absolute atomic E-state index is 13.9. The third-order valence-corrected chi connectivity index (χ3v) is 7.13. The third kappa shape index (κ3) is 5.90. The molecule has 0 saturated heterocycles. The van der Waals surface area contributed by atoms with Crippen LogP contribution in [0.15, 0.2) is 69.3 Å². The van der Waals surface area contributed by atoms with Crippen LogP contribution in [0.5, 0.6) is 0 Å². The van der Waals surface area contributed by atoms with E-state index >= 15 is 0 Å². The Morgan fingerprint density at radius 3 is 2.11 bits per heavy atom. The van der Waals surface area contributed by atoms with Gasteiger partial charge in [-0.15, -0.1) is 0 Å². The van der Waals surface area contributed by atoms with Crippen LogP contribution in [0.3, 0.4) is 0 Å². The highest BCUT2D eigenvalue weighted by Gasteiger charge is 2.18. The van der Waals surface area contributed by atoms with Gasteiger partial charge in [0.15, 0.2) is 0 Å². The highest BCUT2D eigenvalue weighted by molar-refractivity contribution is 5.74. The van der Waals surface area contributed by atoms with Crippen molar-refractivity contribution in [1.29, 1.82) is 0 Å². The summed E-state index contributed by atoms with van der Waals surface area (Å²) in [7, 11) is 0. The lowest BCUT2D eigenvalue weighted by molar-refractivity contribution is 0.290. The maximum atomic E-state index is 13.9. The molecule has 1 aliphatic rings. The largest absolute Gasteiger partial charge is 0.304 e. The molecule has 1 saturated carbocycles. The third-order valence-electron chi connectivity index (χ3n) is 7.13. The first kappa shape index (κ1) is 24.9. The van der Waals surface area contributed by atoms with Gasteiger partial charge in [0.1, 0.15) is 0 Å². The molecule has 1 N–H and O–H groups in total. The van der Waals surface area contributed by atoms with E-state index in [1.54, 1.807) is 9.13 Å². The summed E-state index contributed by atoms with van der Waals surface area (Å²) in [5.74, 6) is 0.432. The molecule has 2 aromatic carbocycles. The minimum absolute atomic E-state index is 0.0691. The Balaban J connectivity index is 1.93. The molecular weight excluding hydrogens is 438 g/mol. The number of nitrogens with one attached hydrogen (secondary N) is 1. The zero-order valence-electron chi connectivity index (χ0n) is 20.9. The monoisotopic (exact) mass is 475 g/mol. The average Bonchev–Trinajstić information content (AvgIpc) is 2.98. The SMILES string of the molecule is CCN(CC)CCn1c(=O)c(=NNc2ccccc2)c(=O)n(CC2CCCCC2)c2ccccc21. The van der Waals surface area contributed by atoms with Crippen molar-refractivity contribution in [3.8, 4) is 0 Å². The van der Waals surface area contributed by atoms with Crippen molar-refractivity contribution in [3.63, 3.8) is 0 Å². The number of rotatable bonds is 9. The van der Waals surface area contributed by atoms with Gasteiger partial charge in [-0.05, 0) is 56.1 Å². The van der Waals surface area contributed by atoms with Crippen LogP contribution in [0.25, 0.3) is 11.0 Å². The van der Waals surface area contributed by atoms with Crippen molar-refractivity contribution < 1.29 is 0 Å². The normalized spacial score (nSPS) is 15.1. The molecule has 0 atom stereocenters. The highest BCUT2D eigenvalue weighted by atomic mass is 16.1. The number of nitrogens with zero attached hydrogens (tertiary/aromatic N) is 4. The standard InChI is InChI=1S/C28H37N5O2/c1-3-31(4-2)19-20-32-24-17-11-12-18-25(24)33(21-22-13-7-5-8-14-22)28(35)26(27(32)34)30-29-23-15-9-6-10-16-23/h6,9-12,15-18,22,29H,3-5,7-8,13-14,19-21H2,1-2H3. The van der Waals surface area contributed by atoms with Crippen LogP contribution in [0.2, 0.25) is 0 Å². The lowest BCUT2D eigenvalue weighted by atomic mass is 9.89. The molecule has 0 radical (unpaired) electrons. The molecular formula is C28H37N5O2. The van der Waals surface area contributed by atoms with Crippen molar-refractivity contribution in [3.05, 3.63) is 80.7 Å². The van der Waals surface area contributed by atoms with E-state index in [1.807, 2.05) is 54.6 Å². The van der Waals surface area contributed by atoms with Crippen LogP contribution >= 0.6 is 0 Å². The van der Waals surface area contributed by atoms with Gasteiger partial charge in [-0.3, -0.25) is 15.0 Å². The van der Waals surface area contributed by atoms with Crippen LogP contribution in [-0.4, -0.2) is 33.7 Å². The van der Waals surface area contributed by atoms with E-state index in [0.717, 1.165) is 49.2 Å². The predicted octanol–water partition coefficient (Wildman–Crippen LogP) is 4.01. The predicted molar refractivity (Wildman–Crippen MR) is 142 cm³/mol. The summed E-state index contributed by atoms with van der Waals surface area (Å²) in [5, 5.41) is 4.32. The molecule has 1 aromatic heterocycles. The van der Waals surface area contributed by atoms with E-state index in [9.17, 15) is 9.59 Å². The molecule has 0 bridgehead atoms. The molecule has 1 aliphatic carbocycles. The molecule has 0 spiro atoms. The molecule has 1 heterocycles. The minimum atomic E-state index is -0.357. The molecule has 7 heteroatoms. The van der Waals surface area contributed by atoms with E-state index in [-0.39, 0.29) is 16.5 Å². The summed E-state index contributed by atoms with van der Waals surface area (Å²) in [6.45, 7) is 7.88. The van der Waals surface area contributed by atoms with Gasteiger partial charge in [0.2, 0.25) is 5.36 Å². The quantitative estimate of drug-likeness (QED) is 0.475. The molecule has 186 valence electrons. The van der Waals surface area contributed by atoms with Gasteiger partial charge in [-0.2, -0.15) is 5.10 Å². The minimum Gasteiger partial charge on any atom is -0.304 e. The first-order chi connectivity index (χ1) is 17.1. The van der Waals surface area contributed by atoms with Crippen LogP contribution < -0.4 is 21.9 Å². The Hall–Kier alpha value is -3.19. The topological polar surface area (TPSA) is 71.6 Å². The average molecular weight is 476 g/mol. The van der Waals surface area contributed by atoms with Crippen molar-refractivity contribution in [2.45, 2.75) is 59.0 Å². The second kappa shape index (κ2) is 12.0. The van der Waals surface area contributed by atoms with Gasteiger partial charge in [0.25, 0.3) is 11.1 Å². The summed E-state index contributed by atoms with van der Waals surface area (Å²) >= 11 is 0. The molecule has 0 unspecified atom stereocenters. The number of anilines is 1. The van der Waals surface area contributed by atoms with Gasteiger partial charge >= 0.3 is 0 Å². The number of aromatic nitrogens is 2. The zero-order chi connectivity index (χ0) is 24.6. The van der Waals surface area contributed by atoms with Crippen LogP contribution in [-0.2, 0) is 13.1 Å². The molecule has 4 rings (SSSR count). The number of hydrogen-bond acceptors (Lipinski definition) is 5. The number of benzene rings is 2. The summed E-state index contributed by atoms with van der Waals surface area (Å²) in [6.07, 6.45) is 5.87. The number of fused-ring (bicyclic) bond motifs is 1. The summed E-state index contributed by atoms with van der Waals surface area (Å²) in [5.41, 5.74) is 4.56. The molecule has 7 nitrogen and oxygen atoms in total. The van der Waals surface area contributed by atoms with E-state index in [0.29, 0.717) is 19.0 Å². The zero-order valence-corrected chi connectivity index (χ0v) is 20.9. The second-order valence-corrected chi connectivity index (χ2v) is 9.33. The fourth-order valence-electron chi connectivity index (χ4n) is 5.03. The van der Waals surface area contributed by atoms with Gasteiger partial charge in [-0.25, -0.2) is 0 Å². The summed E-state index contributed by atoms with van der Waals surface area (Å²) in [4.78, 5) is 30.0. The lowest BCUT2D eigenvalue weighted by Gasteiger charge is -2.22. The smallest absolute Gasteiger partial charge is 0.284 e. The molecule has 0 amide bonds. The molecule has 3 aromatic rings. The maximum Gasteiger partial charge on any atom is 0.284 e. The van der Waals surface area contributed by atoms with Crippen molar-refractivity contribution in [2.75, 3.05) is 25.1 Å². The Labute approximate surface area is 206 Å². The van der Waals surface area contributed by atoms with Gasteiger partial charge in [-0.1, -0.05) is 63.4 Å². The van der Waals surface area contributed by atoms with Gasteiger partial charge in [0.05, 0.1) is 16.7 Å². The highest BCUT2D eigenvalue weighted by Crippen LogP contribution is 2.25. The Morgan fingerprint density at radius 1 is 0.857 bits per heavy atom. The van der Waals surface area contributed by atoms with Crippen molar-refractivity contribution in [2.24, 2.45) is 11.0 Å². The van der Waals surface area contributed by atoms with E-state index in [2.05, 4.69) is 29.3 Å². The Bertz CT molecular complexity index is 1300. The fourth-order valence-corrected chi connectivity index (χ4v) is 5.03. The van der Waals surface area contributed by atoms with Gasteiger partial charge < -0.3 is 14.0 Å². The van der Waals surface area contributed by atoms with Crippen molar-refractivity contribution in [1.82, 2.24) is 14.0 Å². The van der Waals surface area contributed by atoms with E-state index in [1.165, 1.54) is 19.3 Å². The molecule has 35 heavy (non-hydrogen) atoms. The number of hydrogen-bond donors (Lipinski definition) is 1. The van der Waals surface area contributed by atoms with E-state index < -0.39 is 0 Å². The first-order valence-corrected chi connectivity index (χ1v) is 13.0. The Morgan fingerprint density at radius 2 is 1.46 bits per heavy atom. The summed E-state index contributed by atoms with van der Waals surface area (Å²) in [6, 6.07) is 17.2. The van der Waals surface area contributed by atoms with Crippen LogP contribution in [0.4, 0.5) is 5.69 Å². The van der Waals surface area contributed by atoms with Crippen LogP contribution in [0.1, 0.15) is 46.0 Å². The van der Waals surface area contributed by atoms with Gasteiger partial charge in [0, 0.05) is 19.6 Å². The lowest BCUT2D eigenvalue weighted by Crippen LogP contribution is -2.46. The number of para-hydroxylation sites is 3. The molecule has 1 fully saturated rings. The molecule has 0 aliphatic heterocycles. The second-order valence-electron chi connectivity index (χ2n) is 9.33. The Kier molecular flexibility index (Phi) is 8.53. The number of likely N-dealkylation sites (N-methyl/N-ethyl adjacent to an activating group) is 1. The first-order valence-electron chi connectivity index (χ1n) is 13.0. The fraction of sp³-hybridized carbons (Fsp3) is 0.464. The van der Waals surface area contributed by atoms with E-state index in [4.69, 9.17) is 0 Å².